The molecule has 0 saturated carbocycles. The molecule has 0 unspecified atom stereocenters. The van der Waals surface area contributed by atoms with E-state index in [0.717, 1.165) is 56.3 Å². The van der Waals surface area contributed by atoms with Crippen LogP contribution in [0, 0.1) is 5.92 Å². The minimum atomic E-state index is -0.0348. The summed E-state index contributed by atoms with van der Waals surface area (Å²) in [6.45, 7) is 4.53. The van der Waals surface area contributed by atoms with E-state index in [9.17, 15) is 9.59 Å². The Morgan fingerprint density at radius 3 is 2.59 bits per heavy atom. The fraction of sp³-hybridized carbons (Fsp3) is 0.600. The molecule has 27 heavy (non-hydrogen) atoms. The molecule has 2 aliphatic heterocycles. The van der Waals surface area contributed by atoms with Crippen molar-refractivity contribution in [3.8, 4) is 0 Å². The summed E-state index contributed by atoms with van der Waals surface area (Å²) < 4.78 is 5.33. The molecule has 1 N–H and O–H groups in total. The molecule has 0 aromatic heterocycles. The van der Waals surface area contributed by atoms with E-state index in [0.29, 0.717) is 25.4 Å². The zero-order chi connectivity index (χ0) is 19.1. The summed E-state index contributed by atoms with van der Waals surface area (Å²) in [6, 6.07) is 7.76. The van der Waals surface area contributed by atoms with E-state index < -0.39 is 0 Å². The Balaban J connectivity index is 1.35. The molecule has 2 saturated heterocycles. The van der Waals surface area contributed by atoms with E-state index in [-0.39, 0.29) is 18.4 Å². The number of nitrogens with zero attached hydrogens (tertiary/aromatic N) is 2. The minimum Gasteiger partial charge on any atom is -0.381 e. The third-order valence-electron chi connectivity index (χ3n) is 5.36. The van der Waals surface area contributed by atoms with Gasteiger partial charge in [0.25, 0.3) is 0 Å². The summed E-state index contributed by atoms with van der Waals surface area (Å²) in [7, 11) is 0. The topological polar surface area (TPSA) is 61.9 Å². The molecule has 0 spiro atoms. The van der Waals surface area contributed by atoms with Gasteiger partial charge in [-0.05, 0) is 43.4 Å². The van der Waals surface area contributed by atoms with Gasteiger partial charge in [0.15, 0.2) is 0 Å². The second kappa shape index (κ2) is 9.95. The van der Waals surface area contributed by atoms with Crippen LogP contribution < -0.4 is 10.2 Å². The maximum atomic E-state index is 12.4. The highest BCUT2D eigenvalue weighted by molar-refractivity contribution is 6.30. The Bertz CT molecular complexity index is 641. The van der Waals surface area contributed by atoms with Gasteiger partial charge < -0.3 is 19.9 Å². The molecule has 148 valence electrons. The van der Waals surface area contributed by atoms with Gasteiger partial charge in [0.1, 0.15) is 0 Å². The van der Waals surface area contributed by atoms with Crippen LogP contribution >= 0.6 is 11.6 Å². The van der Waals surface area contributed by atoms with Crippen molar-refractivity contribution in [1.82, 2.24) is 10.2 Å². The van der Waals surface area contributed by atoms with Crippen LogP contribution in [-0.2, 0) is 14.3 Å². The first-order valence-electron chi connectivity index (χ1n) is 9.74. The van der Waals surface area contributed by atoms with Gasteiger partial charge in [-0.2, -0.15) is 0 Å². The molecule has 2 amide bonds. The molecule has 3 rings (SSSR count). The van der Waals surface area contributed by atoms with Crippen LogP contribution in [0.15, 0.2) is 24.3 Å². The average Bonchev–Trinajstić information content (AvgIpc) is 2.71. The minimum absolute atomic E-state index is 0.0137. The molecule has 2 heterocycles. The van der Waals surface area contributed by atoms with Crippen LogP contribution in [0.3, 0.4) is 0 Å². The highest BCUT2D eigenvalue weighted by atomic mass is 35.5. The number of nitrogens with one attached hydrogen (secondary N) is 1. The van der Waals surface area contributed by atoms with Crippen molar-refractivity contribution in [2.75, 3.05) is 50.8 Å². The van der Waals surface area contributed by atoms with Crippen LogP contribution in [0.25, 0.3) is 0 Å². The van der Waals surface area contributed by atoms with Crippen LogP contribution in [-0.4, -0.2) is 62.7 Å². The zero-order valence-electron chi connectivity index (χ0n) is 15.7. The number of hydrogen-bond donors (Lipinski definition) is 1. The van der Waals surface area contributed by atoms with Crippen LogP contribution in [0.2, 0.25) is 5.02 Å². The van der Waals surface area contributed by atoms with E-state index >= 15 is 0 Å². The van der Waals surface area contributed by atoms with Gasteiger partial charge in [0, 0.05) is 56.5 Å². The largest absolute Gasteiger partial charge is 0.381 e. The van der Waals surface area contributed by atoms with Crippen molar-refractivity contribution in [2.24, 2.45) is 5.92 Å². The third-order valence-corrected chi connectivity index (χ3v) is 5.60. The van der Waals surface area contributed by atoms with Crippen molar-refractivity contribution in [3.05, 3.63) is 29.3 Å². The Hall–Kier alpha value is -1.79. The molecule has 0 radical (unpaired) electrons. The molecule has 0 bridgehead atoms. The van der Waals surface area contributed by atoms with Gasteiger partial charge in [-0.3, -0.25) is 9.59 Å². The number of carbonyl (C=O) groups is 2. The summed E-state index contributed by atoms with van der Waals surface area (Å²) >= 11 is 6.05. The number of amides is 2. The first kappa shape index (κ1) is 20.0. The Morgan fingerprint density at radius 2 is 1.89 bits per heavy atom. The molecular weight excluding hydrogens is 366 g/mol. The predicted molar refractivity (Wildman–Crippen MR) is 106 cm³/mol. The third kappa shape index (κ3) is 6.11. The highest BCUT2D eigenvalue weighted by Crippen LogP contribution is 2.21. The van der Waals surface area contributed by atoms with E-state index in [1.54, 1.807) is 0 Å². The number of carbonyl (C=O) groups excluding carboxylic acids is 2. The molecule has 0 atom stereocenters. The lowest BCUT2D eigenvalue weighted by Crippen LogP contribution is -2.51. The average molecular weight is 394 g/mol. The Kier molecular flexibility index (Phi) is 7.35. The second-order valence-corrected chi connectivity index (χ2v) is 7.66. The summed E-state index contributed by atoms with van der Waals surface area (Å²) in [5, 5.41) is 3.49. The number of halogens is 1. The first-order valence-corrected chi connectivity index (χ1v) is 10.1. The molecule has 0 aliphatic carbocycles. The van der Waals surface area contributed by atoms with E-state index in [4.69, 9.17) is 16.3 Å². The molecule has 6 nitrogen and oxygen atoms in total. The molecular formula is C20H28ClN3O3. The van der Waals surface area contributed by atoms with Crippen molar-refractivity contribution >= 4 is 29.1 Å². The lowest BCUT2D eigenvalue weighted by Gasteiger charge is -2.36. The fourth-order valence-electron chi connectivity index (χ4n) is 3.63. The smallest absolute Gasteiger partial charge is 0.242 e. The summed E-state index contributed by atoms with van der Waals surface area (Å²) in [5.74, 6) is 0.521. The zero-order valence-corrected chi connectivity index (χ0v) is 16.4. The maximum absolute atomic E-state index is 12.4. The van der Waals surface area contributed by atoms with Gasteiger partial charge in [0.05, 0.1) is 6.54 Å². The van der Waals surface area contributed by atoms with Gasteiger partial charge in [-0.25, -0.2) is 0 Å². The molecule has 2 fully saturated rings. The van der Waals surface area contributed by atoms with Gasteiger partial charge in [-0.15, -0.1) is 0 Å². The second-order valence-electron chi connectivity index (χ2n) is 7.22. The number of rotatable bonds is 6. The van der Waals surface area contributed by atoms with Gasteiger partial charge in [-0.1, -0.05) is 17.7 Å². The van der Waals surface area contributed by atoms with Crippen molar-refractivity contribution in [1.29, 1.82) is 0 Å². The molecule has 2 aliphatic rings. The summed E-state index contributed by atoms with van der Waals surface area (Å²) in [5.41, 5.74) is 1.08. The Morgan fingerprint density at radius 1 is 1.15 bits per heavy atom. The van der Waals surface area contributed by atoms with Crippen LogP contribution in [0.1, 0.15) is 25.7 Å². The SMILES string of the molecule is O=C(CCC1CCOCC1)NCC(=O)N1CCN(c2cccc(Cl)c2)CC1. The van der Waals surface area contributed by atoms with E-state index in [1.807, 2.05) is 29.2 Å². The molecule has 1 aromatic rings. The lowest BCUT2D eigenvalue weighted by atomic mass is 9.95. The van der Waals surface area contributed by atoms with Crippen LogP contribution in [0.5, 0.6) is 0 Å². The normalized spacial score (nSPS) is 18.4. The van der Waals surface area contributed by atoms with Gasteiger partial charge in [0.2, 0.25) is 11.8 Å². The highest BCUT2D eigenvalue weighted by Gasteiger charge is 2.22. The Labute approximate surface area is 165 Å². The monoisotopic (exact) mass is 393 g/mol. The maximum Gasteiger partial charge on any atom is 0.242 e. The van der Waals surface area contributed by atoms with Gasteiger partial charge >= 0.3 is 0 Å². The van der Waals surface area contributed by atoms with E-state index in [2.05, 4.69) is 10.2 Å². The van der Waals surface area contributed by atoms with Crippen molar-refractivity contribution < 1.29 is 14.3 Å². The van der Waals surface area contributed by atoms with Crippen molar-refractivity contribution in [2.45, 2.75) is 25.7 Å². The van der Waals surface area contributed by atoms with Crippen LogP contribution in [0.4, 0.5) is 5.69 Å². The molecule has 7 heteroatoms. The number of piperazine rings is 1. The lowest BCUT2D eigenvalue weighted by molar-refractivity contribution is -0.133. The number of anilines is 1. The number of ether oxygens (including phenoxy) is 1. The number of hydrogen-bond acceptors (Lipinski definition) is 4. The fourth-order valence-corrected chi connectivity index (χ4v) is 3.82. The van der Waals surface area contributed by atoms with E-state index in [1.165, 1.54) is 0 Å². The van der Waals surface area contributed by atoms with Crippen molar-refractivity contribution in [3.63, 3.8) is 0 Å². The first-order chi connectivity index (χ1) is 13.1. The standard InChI is InChI=1S/C20H28ClN3O3/c21-17-2-1-3-18(14-17)23-8-10-24(11-9-23)20(26)15-22-19(25)5-4-16-6-12-27-13-7-16/h1-3,14,16H,4-13,15H2,(H,22,25). The predicted octanol–water partition coefficient (Wildman–Crippen LogP) is 2.31. The quantitative estimate of drug-likeness (QED) is 0.805. The summed E-state index contributed by atoms with van der Waals surface area (Å²) in [4.78, 5) is 28.4. The molecule has 1 aromatic carbocycles. The summed E-state index contributed by atoms with van der Waals surface area (Å²) in [6.07, 6.45) is 3.43. The number of benzene rings is 1.